The van der Waals surface area contributed by atoms with Crippen LogP contribution < -0.4 is 5.73 Å². The van der Waals surface area contributed by atoms with E-state index in [1.807, 2.05) is 0 Å². The Balaban J connectivity index is 0.00000361. The van der Waals surface area contributed by atoms with Crippen LogP contribution in [0, 0.1) is 5.41 Å². The second kappa shape index (κ2) is 6.56. The van der Waals surface area contributed by atoms with Crippen molar-refractivity contribution < 1.29 is 17.9 Å². The summed E-state index contributed by atoms with van der Waals surface area (Å²) in [5.74, 6) is -0.410. The summed E-state index contributed by atoms with van der Waals surface area (Å²) < 4.78 is 27.4. The zero-order valence-corrected chi connectivity index (χ0v) is 13.5. The van der Waals surface area contributed by atoms with Crippen molar-refractivity contribution in [2.45, 2.75) is 24.8 Å². The molecule has 20 heavy (non-hydrogen) atoms. The van der Waals surface area contributed by atoms with Crippen molar-refractivity contribution in [2.75, 3.05) is 13.4 Å². The number of esters is 1. The van der Waals surface area contributed by atoms with Crippen molar-refractivity contribution in [3.8, 4) is 0 Å². The predicted molar refractivity (Wildman–Crippen MR) is 79.5 cm³/mol. The predicted octanol–water partition coefficient (Wildman–Crippen LogP) is 1.71. The summed E-state index contributed by atoms with van der Waals surface area (Å²) in [7, 11) is -1.93. The molecule has 0 fully saturated rings. The Bertz CT molecular complexity index is 567. The Morgan fingerprint density at radius 2 is 1.70 bits per heavy atom. The molecule has 1 rings (SSSR count). The third-order valence-electron chi connectivity index (χ3n) is 3.16. The first-order valence-corrected chi connectivity index (χ1v) is 7.64. The summed E-state index contributed by atoms with van der Waals surface area (Å²) in [4.78, 5) is 11.9. The van der Waals surface area contributed by atoms with Crippen molar-refractivity contribution in [1.29, 1.82) is 0 Å². The van der Waals surface area contributed by atoms with Crippen molar-refractivity contribution in [3.05, 3.63) is 29.8 Å². The molecule has 5 nitrogen and oxygen atoms in total. The smallest absolute Gasteiger partial charge is 0.313 e. The van der Waals surface area contributed by atoms with Gasteiger partial charge in [-0.15, -0.1) is 12.4 Å². The third-order valence-corrected chi connectivity index (χ3v) is 4.28. The Kier molecular flexibility index (Phi) is 6.20. The minimum Gasteiger partial charge on any atom is -0.469 e. The highest BCUT2D eigenvalue weighted by atomic mass is 35.5. The average molecular weight is 322 g/mol. The van der Waals surface area contributed by atoms with E-state index >= 15 is 0 Å². The zero-order valence-electron chi connectivity index (χ0n) is 11.9. The van der Waals surface area contributed by atoms with Crippen LogP contribution in [0.4, 0.5) is 0 Å². The largest absolute Gasteiger partial charge is 0.469 e. The number of benzene rings is 1. The van der Waals surface area contributed by atoms with E-state index in [9.17, 15) is 13.2 Å². The molecule has 0 bridgehead atoms. The fourth-order valence-corrected chi connectivity index (χ4v) is 2.36. The molecular weight excluding hydrogens is 302 g/mol. The summed E-state index contributed by atoms with van der Waals surface area (Å²) in [6.45, 7) is 3.38. The molecule has 0 aliphatic heterocycles. The van der Waals surface area contributed by atoms with Crippen LogP contribution in [0.15, 0.2) is 29.2 Å². The molecule has 0 aliphatic carbocycles. The van der Waals surface area contributed by atoms with Crippen LogP contribution in [-0.4, -0.2) is 27.8 Å². The van der Waals surface area contributed by atoms with Gasteiger partial charge in [-0.25, -0.2) is 8.42 Å². The minimum atomic E-state index is -3.23. The molecule has 2 N–H and O–H groups in total. The minimum absolute atomic E-state index is 0. The number of nitrogens with two attached hydrogens (primary N) is 1. The van der Waals surface area contributed by atoms with Crippen molar-refractivity contribution >= 4 is 28.2 Å². The van der Waals surface area contributed by atoms with E-state index in [4.69, 9.17) is 10.5 Å². The van der Waals surface area contributed by atoms with Gasteiger partial charge in [-0.2, -0.15) is 0 Å². The highest BCUT2D eigenvalue weighted by Gasteiger charge is 2.36. The van der Waals surface area contributed by atoms with E-state index in [1.165, 1.54) is 19.2 Å². The maximum atomic E-state index is 11.7. The number of hydrogen-bond donors (Lipinski definition) is 1. The molecule has 1 aromatic rings. The van der Waals surface area contributed by atoms with Crippen LogP contribution in [-0.2, 0) is 19.4 Å². The third kappa shape index (κ3) is 3.94. The molecule has 0 radical (unpaired) electrons. The number of hydrogen-bond acceptors (Lipinski definition) is 5. The van der Waals surface area contributed by atoms with Gasteiger partial charge in [0, 0.05) is 12.3 Å². The number of carbonyl (C=O) groups is 1. The van der Waals surface area contributed by atoms with Crippen molar-refractivity contribution in [1.82, 2.24) is 0 Å². The molecule has 1 aromatic carbocycles. The van der Waals surface area contributed by atoms with Crippen LogP contribution in [0.3, 0.4) is 0 Å². The Morgan fingerprint density at radius 1 is 1.25 bits per heavy atom. The number of ether oxygens (including phenoxy) is 1. The maximum absolute atomic E-state index is 11.7. The molecule has 1 atom stereocenters. The van der Waals surface area contributed by atoms with Gasteiger partial charge in [0.25, 0.3) is 0 Å². The second-order valence-electron chi connectivity index (χ2n) is 5.03. The number of rotatable bonds is 4. The van der Waals surface area contributed by atoms with Crippen LogP contribution in [0.1, 0.15) is 25.5 Å². The molecular formula is C13H20ClNO4S. The summed E-state index contributed by atoms with van der Waals surface area (Å²) in [6, 6.07) is 5.63. The van der Waals surface area contributed by atoms with Gasteiger partial charge in [0.2, 0.25) is 0 Å². The van der Waals surface area contributed by atoms with Gasteiger partial charge < -0.3 is 10.5 Å². The summed E-state index contributed by atoms with van der Waals surface area (Å²) >= 11 is 0. The maximum Gasteiger partial charge on any atom is 0.313 e. The Hall–Kier alpha value is -1.11. The molecule has 0 aromatic heterocycles. The molecule has 0 spiro atoms. The molecule has 114 valence electrons. The first-order valence-electron chi connectivity index (χ1n) is 5.74. The molecule has 7 heteroatoms. The van der Waals surface area contributed by atoms with Gasteiger partial charge in [-0.05, 0) is 31.5 Å². The normalized spacial score (nSPS) is 13.2. The number of carbonyl (C=O) groups excluding carboxylic acids is 1. The fourth-order valence-electron chi connectivity index (χ4n) is 1.73. The highest BCUT2D eigenvalue weighted by molar-refractivity contribution is 7.90. The van der Waals surface area contributed by atoms with Crippen molar-refractivity contribution in [2.24, 2.45) is 11.1 Å². The lowest BCUT2D eigenvalue weighted by Crippen LogP contribution is -2.37. The first kappa shape index (κ1) is 18.9. The van der Waals surface area contributed by atoms with Crippen LogP contribution >= 0.6 is 12.4 Å². The Labute approximate surface area is 125 Å². The highest BCUT2D eigenvalue weighted by Crippen LogP contribution is 2.32. The lowest BCUT2D eigenvalue weighted by Gasteiger charge is -2.29. The summed E-state index contributed by atoms with van der Waals surface area (Å²) in [5, 5.41) is 0. The van der Waals surface area contributed by atoms with Gasteiger partial charge in [0.05, 0.1) is 17.4 Å². The van der Waals surface area contributed by atoms with Gasteiger partial charge in [0.15, 0.2) is 9.84 Å². The average Bonchev–Trinajstić information content (AvgIpc) is 2.35. The summed E-state index contributed by atoms with van der Waals surface area (Å²) in [6.07, 6.45) is 1.14. The monoisotopic (exact) mass is 321 g/mol. The van der Waals surface area contributed by atoms with E-state index in [1.54, 1.807) is 26.0 Å². The van der Waals surface area contributed by atoms with Gasteiger partial charge >= 0.3 is 5.97 Å². The van der Waals surface area contributed by atoms with Gasteiger partial charge in [-0.3, -0.25) is 4.79 Å². The first-order chi connectivity index (χ1) is 8.60. The quantitative estimate of drug-likeness (QED) is 0.853. The van der Waals surface area contributed by atoms with Crippen LogP contribution in [0.2, 0.25) is 0 Å². The molecule has 0 saturated heterocycles. The topological polar surface area (TPSA) is 86.5 Å². The van der Waals surface area contributed by atoms with Crippen LogP contribution in [0.25, 0.3) is 0 Å². The lowest BCUT2D eigenvalue weighted by molar-refractivity contribution is -0.152. The molecule has 0 amide bonds. The molecule has 0 unspecified atom stereocenters. The zero-order chi connectivity index (χ0) is 14.8. The fraction of sp³-hybridized carbons (Fsp3) is 0.462. The van der Waals surface area contributed by atoms with E-state index in [0.29, 0.717) is 5.56 Å². The number of methoxy groups -OCH3 is 1. The number of halogens is 1. The summed E-state index contributed by atoms with van der Waals surface area (Å²) in [5.41, 5.74) is 5.85. The van der Waals surface area contributed by atoms with E-state index in [0.717, 1.165) is 6.26 Å². The van der Waals surface area contributed by atoms with Gasteiger partial charge in [-0.1, -0.05) is 12.1 Å². The van der Waals surface area contributed by atoms with E-state index in [2.05, 4.69) is 0 Å². The molecule has 0 aliphatic rings. The Morgan fingerprint density at radius 3 is 2.05 bits per heavy atom. The SMILES string of the molecule is COC(=O)C(C)(C)[C@H](N)c1ccc(S(C)(=O)=O)cc1.Cl. The molecule has 0 heterocycles. The standard InChI is InChI=1S/C13H19NO4S.ClH/c1-13(2,12(15)18-3)11(14)9-5-7-10(8-6-9)19(4,16)17;/h5-8,11H,14H2,1-4H3;1H/t11-;/m1./s1. The lowest BCUT2D eigenvalue weighted by atomic mass is 9.81. The number of sulfone groups is 1. The van der Waals surface area contributed by atoms with E-state index < -0.39 is 27.3 Å². The van der Waals surface area contributed by atoms with Crippen molar-refractivity contribution in [3.63, 3.8) is 0 Å². The van der Waals surface area contributed by atoms with Gasteiger partial charge in [0.1, 0.15) is 0 Å². The molecule has 0 saturated carbocycles. The van der Waals surface area contributed by atoms with Crippen LogP contribution in [0.5, 0.6) is 0 Å². The second-order valence-corrected chi connectivity index (χ2v) is 7.05. The van der Waals surface area contributed by atoms with E-state index in [-0.39, 0.29) is 17.3 Å².